The van der Waals surface area contributed by atoms with Gasteiger partial charge in [0, 0.05) is 37.5 Å². The molecule has 0 unspecified atom stereocenters. The third kappa shape index (κ3) is 3.79. The summed E-state index contributed by atoms with van der Waals surface area (Å²) in [4.78, 5) is 27.2. The Morgan fingerprint density at radius 2 is 1.93 bits per heavy atom. The van der Waals surface area contributed by atoms with Crippen LogP contribution in [0.25, 0.3) is 5.82 Å². The molecule has 0 bridgehead atoms. The van der Waals surface area contributed by atoms with Gasteiger partial charge in [-0.1, -0.05) is 12.1 Å². The molecule has 1 N–H and O–H groups in total. The van der Waals surface area contributed by atoms with Gasteiger partial charge in [0.25, 0.3) is 0 Å². The number of hydrogen-bond acceptors (Lipinski definition) is 5. The van der Waals surface area contributed by atoms with E-state index in [0.717, 1.165) is 11.6 Å². The molecule has 1 amide bonds. The summed E-state index contributed by atoms with van der Waals surface area (Å²) >= 11 is 0. The highest BCUT2D eigenvalue weighted by molar-refractivity contribution is 5.92. The number of aromatic nitrogens is 4. The van der Waals surface area contributed by atoms with Crippen molar-refractivity contribution in [2.75, 3.05) is 23.3 Å². The highest BCUT2D eigenvalue weighted by Gasteiger charge is 2.26. The van der Waals surface area contributed by atoms with Gasteiger partial charge in [0.2, 0.25) is 5.91 Å². The van der Waals surface area contributed by atoms with Crippen molar-refractivity contribution in [3.63, 3.8) is 0 Å². The molecule has 0 saturated carbocycles. The van der Waals surface area contributed by atoms with Crippen LogP contribution in [0.1, 0.15) is 12.8 Å². The quantitative estimate of drug-likeness (QED) is 0.768. The fraction of sp³-hybridized carbons (Fsp3) is 0.263. The maximum atomic E-state index is 13.7. The molecule has 1 aliphatic heterocycles. The maximum Gasteiger partial charge on any atom is 0.227 e. The van der Waals surface area contributed by atoms with E-state index < -0.39 is 5.82 Å². The number of carbonyl (C=O) groups excluding carboxylic acids is 1. The third-order valence-electron chi connectivity index (χ3n) is 4.73. The van der Waals surface area contributed by atoms with Crippen LogP contribution in [-0.2, 0) is 4.79 Å². The normalized spacial score (nSPS) is 14.9. The first-order valence-electron chi connectivity index (χ1n) is 8.81. The molecular formula is C19H19FN6O. The number of halogens is 1. The van der Waals surface area contributed by atoms with Crippen molar-refractivity contribution < 1.29 is 9.18 Å². The fourth-order valence-electron chi connectivity index (χ4n) is 3.21. The molecule has 1 aliphatic rings. The first-order chi connectivity index (χ1) is 13.2. The van der Waals surface area contributed by atoms with Crippen LogP contribution in [0.2, 0.25) is 0 Å². The number of rotatable bonds is 4. The first-order valence-corrected chi connectivity index (χ1v) is 8.81. The van der Waals surface area contributed by atoms with Crippen molar-refractivity contribution >= 4 is 17.4 Å². The molecular weight excluding hydrogens is 347 g/mol. The zero-order chi connectivity index (χ0) is 18.6. The lowest BCUT2D eigenvalue weighted by Gasteiger charge is -2.32. The van der Waals surface area contributed by atoms with Crippen LogP contribution in [-0.4, -0.2) is 38.5 Å². The van der Waals surface area contributed by atoms with E-state index in [1.807, 2.05) is 16.8 Å². The Bertz CT molecular complexity index is 921. The van der Waals surface area contributed by atoms with Gasteiger partial charge in [-0.05, 0) is 25.0 Å². The van der Waals surface area contributed by atoms with E-state index in [1.54, 1.807) is 30.7 Å². The van der Waals surface area contributed by atoms with Crippen molar-refractivity contribution in [2.45, 2.75) is 12.8 Å². The van der Waals surface area contributed by atoms with E-state index >= 15 is 0 Å². The Hall–Kier alpha value is -3.29. The molecule has 3 aromatic rings. The summed E-state index contributed by atoms with van der Waals surface area (Å²) < 4.78 is 15.5. The Morgan fingerprint density at radius 3 is 2.67 bits per heavy atom. The summed E-state index contributed by atoms with van der Waals surface area (Å²) in [5.74, 6) is 0.868. The molecule has 1 fully saturated rings. The highest BCUT2D eigenvalue weighted by Crippen LogP contribution is 2.24. The molecule has 0 radical (unpaired) electrons. The van der Waals surface area contributed by atoms with Crippen molar-refractivity contribution in [3.05, 3.63) is 61.2 Å². The predicted molar refractivity (Wildman–Crippen MR) is 99.1 cm³/mol. The van der Waals surface area contributed by atoms with Gasteiger partial charge in [-0.25, -0.2) is 19.3 Å². The van der Waals surface area contributed by atoms with E-state index in [4.69, 9.17) is 0 Å². The maximum absolute atomic E-state index is 13.7. The second-order valence-corrected chi connectivity index (χ2v) is 6.43. The molecule has 1 saturated heterocycles. The van der Waals surface area contributed by atoms with Crippen molar-refractivity contribution in [3.8, 4) is 5.82 Å². The molecule has 138 valence electrons. The number of anilines is 2. The zero-order valence-corrected chi connectivity index (χ0v) is 14.6. The molecule has 0 atom stereocenters. The van der Waals surface area contributed by atoms with Gasteiger partial charge in [0.15, 0.2) is 0 Å². The molecule has 0 aliphatic carbocycles. The largest absolute Gasteiger partial charge is 0.356 e. The summed E-state index contributed by atoms with van der Waals surface area (Å²) in [5, 5.41) is 2.69. The van der Waals surface area contributed by atoms with Crippen LogP contribution in [0, 0.1) is 11.7 Å². The van der Waals surface area contributed by atoms with Crippen LogP contribution in [0.15, 0.2) is 55.4 Å². The van der Waals surface area contributed by atoms with Crippen LogP contribution >= 0.6 is 0 Å². The average Bonchev–Trinajstić information content (AvgIpc) is 3.25. The number of imidazole rings is 1. The summed E-state index contributed by atoms with van der Waals surface area (Å²) in [5.41, 5.74) is 0.228. The number of para-hydroxylation sites is 1. The summed E-state index contributed by atoms with van der Waals surface area (Å²) in [6.07, 6.45) is 8.11. The number of nitrogens with zero attached hydrogens (tertiary/aromatic N) is 5. The minimum Gasteiger partial charge on any atom is -0.356 e. The molecule has 3 heterocycles. The van der Waals surface area contributed by atoms with E-state index in [2.05, 4.69) is 25.2 Å². The van der Waals surface area contributed by atoms with Gasteiger partial charge in [0.1, 0.15) is 30.1 Å². The van der Waals surface area contributed by atoms with Gasteiger partial charge in [-0.2, -0.15) is 0 Å². The lowest BCUT2D eigenvalue weighted by Crippen LogP contribution is -2.38. The van der Waals surface area contributed by atoms with E-state index in [1.165, 1.54) is 12.4 Å². The first kappa shape index (κ1) is 17.1. The Kier molecular flexibility index (Phi) is 4.78. The molecule has 1 aromatic carbocycles. The highest BCUT2D eigenvalue weighted by atomic mass is 19.1. The van der Waals surface area contributed by atoms with E-state index in [-0.39, 0.29) is 17.5 Å². The molecule has 0 spiro atoms. The van der Waals surface area contributed by atoms with Crippen LogP contribution in [0.5, 0.6) is 0 Å². The number of benzene rings is 1. The topological polar surface area (TPSA) is 75.9 Å². The van der Waals surface area contributed by atoms with Crippen LogP contribution in [0.4, 0.5) is 15.9 Å². The van der Waals surface area contributed by atoms with Crippen molar-refractivity contribution in [2.24, 2.45) is 5.92 Å². The number of hydrogen-bond donors (Lipinski definition) is 1. The van der Waals surface area contributed by atoms with E-state index in [9.17, 15) is 9.18 Å². The molecule has 7 nitrogen and oxygen atoms in total. The van der Waals surface area contributed by atoms with Gasteiger partial charge in [0.05, 0.1) is 5.69 Å². The number of amides is 1. The Labute approximate surface area is 155 Å². The standard InChI is InChI=1S/C19H19FN6O/c20-15-3-1-2-4-16(15)24-19(27)14-5-8-25(9-6-14)17-11-18(23-12-22-17)26-10-7-21-13-26/h1-4,7,10-14H,5-6,8-9H2,(H,24,27). The zero-order valence-electron chi connectivity index (χ0n) is 14.6. The number of carbonyl (C=O) groups is 1. The Morgan fingerprint density at radius 1 is 1.15 bits per heavy atom. The fourth-order valence-corrected chi connectivity index (χ4v) is 3.21. The lowest BCUT2D eigenvalue weighted by atomic mass is 9.95. The molecule has 8 heteroatoms. The number of piperidine rings is 1. The lowest BCUT2D eigenvalue weighted by molar-refractivity contribution is -0.120. The van der Waals surface area contributed by atoms with Crippen LogP contribution in [0.3, 0.4) is 0 Å². The minimum atomic E-state index is -0.420. The van der Waals surface area contributed by atoms with Gasteiger partial charge in [-0.3, -0.25) is 9.36 Å². The second kappa shape index (κ2) is 7.53. The SMILES string of the molecule is O=C(Nc1ccccc1F)C1CCN(c2cc(-n3ccnc3)ncn2)CC1. The van der Waals surface area contributed by atoms with Crippen LogP contribution < -0.4 is 10.2 Å². The minimum absolute atomic E-state index is 0.137. The average molecular weight is 366 g/mol. The predicted octanol–water partition coefficient (Wildman–Crippen LogP) is 2.66. The second-order valence-electron chi connectivity index (χ2n) is 6.43. The van der Waals surface area contributed by atoms with Gasteiger partial charge < -0.3 is 10.2 Å². The molecule has 4 rings (SSSR count). The summed E-state index contributed by atoms with van der Waals surface area (Å²) in [7, 11) is 0. The monoisotopic (exact) mass is 366 g/mol. The third-order valence-corrected chi connectivity index (χ3v) is 4.73. The molecule has 2 aromatic heterocycles. The van der Waals surface area contributed by atoms with Gasteiger partial charge in [-0.15, -0.1) is 0 Å². The van der Waals surface area contributed by atoms with Crippen molar-refractivity contribution in [1.82, 2.24) is 19.5 Å². The Balaban J connectivity index is 1.38. The summed E-state index contributed by atoms with van der Waals surface area (Å²) in [6.45, 7) is 1.41. The molecule has 27 heavy (non-hydrogen) atoms. The number of nitrogens with one attached hydrogen (secondary N) is 1. The van der Waals surface area contributed by atoms with E-state index in [0.29, 0.717) is 25.9 Å². The summed E-state index contributed by atoms with van der Waals surface area (Å²) in [6, 6.07) is 8.12. The van der Waals surface area contributed by atoms with Crippen molar-refractivity contribution in [1.29, 1.82) is 0 Å². The smallest absolute Gasteiger partial charge is 0.227 e. The van der Waals surface area contributed by atoms with Gasteiger partial charge >= 0.3 is 0 Å².